The second kappa shape index (κ2) is 5.79. The fourth-order valence-corrected chi connectivity index (χ4v) is 3.25. The van der Waals surface area contributed by atoms with Crippen LogP contribution in [0.1, 0.15) is 64.3 Å². The topological polar surface area (TPSA) is 64.2 Å². The minimum Gasteiger partial charge on any atom is -0.334 e. The molecular formula is C16H28N4O. The number of carbonyl (C=O) groups excluding carboxylic acids is 1. The van der Waals surface area contributed by atoms with Crippen molar-refractivity contribution in [1.82, 2.24) is 14.7 Å². The Hall–Kier alpha value is -1.36. The highest BCUT2D eigenvalue weighted by atomic mass is 16.2. The van der Waals surface area contributed by atoms with Crippen LogP contribution >= 0.6 is 0 Å². The van der Waals surface area contributed by atoms with Crippen LogP contribution < -0.4 is 5.73 Å². The number of rotatable bonds is 2. The molecule has 2 N–H and O–H groups in total. The SMILES string of the molecule is CCN1C(=O)CCCC(N)C1c1cn(C)nc1C(C)(C)C. The summed E-state index contributed by atoms with van der Waals surface area (Å²) in [5, 5.41) is 4.64. The lowest BCUT2D eigenvalue weighted by atomic mass is 9.85. The summed E-state index contributed by atoms with van der Waals surface area (Å²) in [7, 11) is 1.93. The summed E-state index contributed by atoms with van der Waals surface area (Å²) in [5.41, 5.74) is 8.51. The number of likely N-dealkylation sites (tertiary alicyclic amines) is 1. The van der Waals surface area contributed by atoms with Gasteiger partial charge in [-0.1, -0.05) is 20.8 Å². The van der Waals surface area contributed by atoms with E-state index in [-0.39, 0.29) is 23.4 Å². The Balaban J connectivity index is 2.53. The molecule has 1 aromatic heterocycles. The summed E-state index contributed by atoms with van der Waals surface area (Å²) in [5.74, 6) is 0.208. The maximum Gasteiger partial charge on any atom is 0.223 e. The second-order valence-corrected chi connectivity index (χ2v) is 7.04. The van der Waals surface area contributed by atoms with Gasteiger partial charge in [0.15, 0.2) is 0 Å². The molecule has 2 heterocycles. The van der Waals surface area contributed by atoms with Crippen LogP contribution in [0.2, 0.25) is 0 Å². The third kappa shape index (κ3) is 3.12. The fraction of sp³-hybridized carbons (Fsp3) is 0.750. The van der Waals surface area contributed by atoms with Gasteiger partial charge in [0.25, 0.3) is 0 Å². The van der Waals surface area contributed by atoms with Gasteiger partial charge in [-0.25, -0.2) is 0 Å². The maximum atomic E-state index is 12.4. The van der Waals surface area contributed by atoms with E-state index in [9.17, 15) is 4.79 Å². The summed E-state index contributed by atoms with van der Waals surface area (Å²) in [4.78, 5) is 14.3. The van der Waals surface area contributed by atoms with Gasteiger partial charge >= 0.3 is 0 Å². The number of carbonyl (C=O) groups is 1. The van der Waals surface area contributed by atoms with E-state index in [2.05, 4.69) is 25.9 Å². The molecular weight excluding hydrogens is 264 g/mol. The zero-order chi connectivity index (χ0) is 15.8. The van der Waals surface area contributed by atoms with Crippen molar-refractivity contribution in [3.05, 3.63) is 17.5 Å². The standard InChI is InChI=1S/C16H28N4O/c1-6-20-13(21)9-7-8-12(17)14(20)11-10-19(5)18-15(11)16(2,3)4/h10,12,14H,6-9,17H2,1-5H3. The molecule has 0 spiro atoms. The smallest absolute Gasteiger partial charge is 0.223 e. The lowest BCUT2D eigenvalue weighted by molar-refractivity contribution is -0.133. The van der Waals surface area contributed by atoms with Crippen LogP contribution in [-0.2, 0) is 17.3 Å². The molecule has 0 aliphatic carbocycles. The Kier molecular flexibility index (Phi) is 4.42. The number of likely N-dealkylation sites (N-methyl/N-ethyl adjacent to an activating group) is 1. The first-order chi connectivity index (χ1) is 9.75. The first kappa shape index (κ1) is 16.0. The van der Waals surface area contributed by atoms with Gasteiger partial charge in [0.2, 0.25) is 5.91 Å². The number of nitrogens with two attached hydrogens (primary N) is 1. The van der Waals surface area contributed by atoms with Gasteiger partial charge in [0.05, 0.1) is 11.7 Å². The molecule has 1 saturated heterocycles. The third-order valence-corrected chi connectivity index (χ3v) is 4.22. The molecule has 1 amide bonds. The zero-order valence-electron chi connectivity index (χ0n) is 13.9. The average molecular weight is 292 g/mol. The first-order valence-corrected chi connectivity index (χ1v) is 7.84. The number of hydrogen-bond donors (Lipinski definition) is 1. The Labute approximate surface area is 127 Å². The summed E-state index contributed by atoms with van der Waals surface area (Å²) < 4.78 is 1.84. The Morgan fingerprint density at radius 2 is 2.10 bits per heavy atom. The molecule has 1 aliphatic heterocycles. The van der Waals surface area contributed by atoms with Gasteiger partial charge in [0, 0.05) is 43.2 Å². The monoisotopic (exact) mass is 292 g/mol. The predicted molar refractivity (Wildman–Crippen MR) is 83.9 cm³/mol. The first-order valence-electron chi connectivity index (χ1n) is 7.84. The van der Waals surface area contributed by atoms with Gasteiger partial charge in [-0.2, -0.15) is 5.10 Å². The number of aryl methyl sites for hydroxylation is 1. The number of hydrogen-bond acceptors (Lipinski definition) is 3. The number of aromatic nitrogens is 2. The largest absolute Gasteiger partial charge is 0.334 e. The van der Waals surface area contributed by atoms with Crippen molar-refractivity contribution in [2.75, 3.05) is 6.54 Å². The average Bonchev–Trinajstić information content (AvgIpc) is 2.70. The van der Waals surface area contributed by atoms with Crippen molar-refractivity contribution in [2.24, 2.45) is 12.8 Å². The van der Waals surface area contributed by atoms with Gasteiger partial charge in [-0.05, 0) is 19.8 Å². The molecule has 118 valence electrons. The molecule has 2 unspecified atom stereocenters. The van der Waals surface area contributed by atoms with E-state index in [1.165, 1.54) is 0 Å². The van der Waals surface area contributed by atoms with E-state index in [4.69, 9.17) is 5.73 Å². The predicted octanol–water partition coefficient (Wildman–Crippen LogP) is 2.12. The van der Waals surface area contributed by atoms with Crippen LogP contribution in [0.5, 0.6) is 0 Å². The fourth-order valence-electron chi connectivity index (χ4n) is 3.25. The highest BCUT2D eigenvalue weighted by molar-refractivity contribution is 5.77. The van der Waals surface area contributed by atoms with E-state index < -0.39 is 0 Å². The summed E-state index contributed by atoms with van der Waals surface area (Å²) in [6.07, 6.45) is 4.39. The van der Waals surface area contributed by atoms with E-state index in [1.807, 2.05) is 29.7 Å². The normalized spacial score (nSPS) is 24.3. The van der Waals surface area contributed by atoms with Gasteiger partial charge in [0.1, 0.15) is 0 Å². The van der Waals surface area contributed by atoms with Crippen LogP contribution in [0.25, 0.3) is 0 Å². The van der Waals surface area contributed by atoms with Crippen molar-refractivity contribution in [3.63, 3.8) is 0 Å². The molecule has 2 rings (SSSR count). The highest BCUT2D eigenvalue weighted by Crippen LogP contribution is 2.35. The molecule has 5 heteroatoms. The molecule has 21 heavy (non-hydrogen) atoms. The molecule has 0 bridgehead atoms. The Morgan fingerprint density at radius 3 is 2.67 bits per heavy atom. The lowest BCUT2D eigenvalue weighted by Gasteiger charge is -2.34. The molecule has 0 saturated carbocycles. The van der Waals surface area contributed by atoms with Crippen LogP contribution in [0, 0.1) is 0 Å². The van der Waals surface area contributed by atoms with E-state index >= 15 is 0 Å². The molecule has 2 atom stereocenters. The quantitative estimate of drug-likeness (QED) is 0.908. The number of nitrogens with zero attached hydrogens (tertiary/aromatic N) is 3. The molecule has 0 aromatic carbocycles. The van der Waals surface area contributed by atoms with Crippen molar-refractivity contribution in [2.45, 2.75) is 64.5 Å². The Morgan fingerprint density at radius 1 is 1.43 bits per heavy atom. The molecule has 1 fully saturated rings. The van der Waals surface area contributed by atoms with Crippen molar-refractivity contribution in [1.29, 1.82) is 0 Å². The van der Waals surface area contributed by atoms with Crippen LogP contribution in [0.4, 0.5) is 0 Å². The second-order valence-electron chi connectivity index (χ2n) is 7.04. The van der Waals surface area contributed by atoms with Gasteiger partial charge in [-0.3, -0.25) is 9.48 Å². The van der Waals surface area contributed by atoms with E-state index in [1.54, 1.807) is 0 Å². The van der Waals surface area contributed by atoms with Crippen LogP contribution in [-0.4, -0.2) is 33.2 Å². The van der Waals surface area contributed by atoms with E-state index in [0.29, 0.717) is 13.0 Å². The van der Waals surface area contributed by atoms with Crippen LogP contribution in [0.15, 0.2) is 6.20 Å². The summed E-state index contributed by atoms with van der Waals surface area (Å²) in [6.45, 7) is 9.17. The summed E-state index contributed by atoms with van der Waals surface area (Å²) >= 11 is 0. The van der Waals surface area contributed by atoms with Crippen molar-refractivity contribution in [3.8, 4) is 0 Å². The highest BCUT2D eigenvalue weighted by Gasteiger charge is 2.36. The van der Waals surface area contributed by atoms with Crippen molar-refractivity contribution < 1.29 is 4.79 Å². The van der Waals surface area contributed by atoms with Gasteiger partial charge < -0.3 is 10.6 Å². The Bertz CT molecular complexity index is 515. The lowest BCUT2D eigenvalue weighted by Crippen LogP contribution is -2.42. The van der Waals surface area contributed by atoms with Crippen LogP contribution in [0.3, 0.4) is 0 Å². The minimum atomic E-state index is -0.0644. The summed E-state index contributed by atoms with van der Waals surface area (Å²) in [6, 6.07) is -0.0883. The van der Waals surface area contributed by atoms with Gasteiger partial charge in [-0.15, -0.1) is 0 Å². The molecule has 1 aromatic rings. The maximum absolute atomic E-state index is 12.4. The minimum absolute atomic E-state index is 0.0262. The number of amides is 1. The third-order valence-electron chi connectivity index (χ3n) is 4.22. The van der Waals surface area contributed by atoms with Crippen molar-refractivity contribution >= 4 is 5.91 Å². The zero-order valence-corrected chi connectivity index (χ0v) is 13.9. The molecule has 0 radical (unpaired) electrons. The molecule has 5 nitrogen and oxygen atoms in total. The molecule has 1 aliphatic rings. The van der Waals surface area contributed by atoms with E-state index in [0.717, 1.165) is 24.1 Å².